The number of anilines is 1. The van der Waals surface area contributed by atoms with Crippen LogP contribution >= 0.6 is 11.3 Å². The van der Waals surface area contributed by atoms with Crippen LogP contribution in [-0.4, -0.2) is 37.4 Å². The summed E-state index contributed by atoms with van der Waals surface area (Å²) in [5, 5.41) is 8.94. The summed E-state index contributed by atoms with van der Waals surface area (Å²) in [6.45, 7) is 2.79. The smallest absolute Gasteiger partial charge is 0.352 e. The van der Waals surface area contributed by atoms with E-state index in [2.05, 4.69) is 17.3 Å². The molecule has 1 fully saturated rings. The molecule has 0 radical (unpaired) electrons. The van der Waals surface area contributed by atoms with Gasteiger partial charge in [-0.25, -0.2) is 13.9 Å². The van der Waals surface area contributed by atoms with Gasteiger partial charge in [0.2, 0.25) is 11.7 Å². The van der Waals surface area contributed by atoms with E-state index in [-0.39, 0.29) is 29.9 Å². The van der Waals surface area contributed by atoms with Crippen molar-refractivity contribution in [3.8, 4) is 0 Å². The number of benzene rings is 1. The minimum absolute atomic E-state index is 0.0939. The highest BCUT2D eigenvalue weighted by atomic mass is 32.1. The van der Waals surface area contributed by atoms with E-state index in [1.807, 2.05) is 24.3 Å². The van der Waals surface area contributed by atoms with Crippen LogP contribution in [-0.2, 0) is 29.0 Å². The lowest BCUT2D eigenvalue weighted by atomic mass is 10.1. The first-order valence-electron chi connectivity index (χ1n) is 10.6. The molecule has 4 heterocycles. The summed E-state index contributed by atoms with van der Waals surface area (Å²) in [5.74, 6) is -0.143. The van der Waals surface area contributed by atoms with E-state index in [9.17, 15) is 14.4 Å². The van der Waals surface area contributed by atoms with Gasteiger partial charge in [0.25, 0.3) is 5.56 Å². The molecule has 1 unspecified atom stereocenters. The first-order chi connectivity index (χ1) is 15.5. The molecule has 1 N–H and O–H groups in total. The minimum Gasteiger partial charge on any atom is -0.376 e. The van der Waals surface area contributed by atoms with Gasteiger partial charge in [-0.2, -0.15) is 0 Å². The predicted octanol–water partition coefficient (Wildman–Crippen LogP) is 2.25. The number of fused-ring (bicyclic) bond motifs is 3. The van der Waals surface area contributed by atoms with Crippen LogP contribution in [0.4, 0.5) is 5.69 Å². The fraction of sp³-hybridized carbons (Fsp3) is 0.364. The van der Waals surface area contributed by atoms with Gasteiger partial charge in [-0.1, -0.05) is 19.1 Å². The third kappa shape index (κ3) is 3.65. The molecule has 3 aromatic heterocycles. The van der Waals surface area contributed by atoms with Crippen LogP contribution in [0.1, 0.15) is 25.3 Å². The van der Waals surface area contributed by atoms with E-state index in [0.29, 0.717) is 29.1 Å². The van der Waals surface area contributed by atoms with Gasteiger partial charge >= 0.3 is 5.69 Å². The first-order valence-corrected chi connectivity index (χ1v) is 11.5. The molecule has 10 heteroatoms. The molecule has 1 atom stereocenters. The molecule has 5 rings (SSSR count). The van der Waals surface area contributed by atoms with E-state index < -0.39 is 5.69 Å². The van der Waals surface area contributed by atoms with Gasteiger partial charge in [-0.15, -0.1) is 16.4 Å². The highest BCUT2D eigenvalue weighted by molar-refractivity contribution is 7.17. The Morgan fingerprint density at radius 2 is 2.06 bits per heavy atom. The zero-order valence-corrected chi connectivity index (χ0v) is 18.4. The van der Waals surface area contributed by atoms with Gasteiger partial charge in [0, 0.05) is 12.3 Å². The minimum atomic E-state index is -0.457. The molecule has 9 nitrogen and oxygen atoms in total. The van der Waals surface area contributed by atoms with E-state index in [1.165, 1.54) is 25.9 Å². The third-order valence-corrected chi connectivity index (χ3v) is 6.63. The standard InChI is InChI=1S/C22H23N5O4S/c1-2-14-5-7-15(8-6-14)23-18(28)13-26-22(30)27-17-9-11-32-19(17)20(29)25(21(27)24-26)12-16-4-3-10-31-16/h5-9,11,16H,2-4,10,12-13H2,1H3,(H,23,28). The number of carbonyl (C=O) groups excluding carboxylic acids is 1. The highest BCUT2D eigenvalue weighted by Crippen LogP contribution is 2.19. The zero-order chi connectivity index (χ0) is 22.2. The summed E-state index contributed by atoms with van der Waals surface area (Å²) in [6.07, 6.45) is 2.61. The number of carbonyl (C=O) groups is 1. The first kappa shape index (κ1) is 20.7. The number of hydrogen-bond donors (Lipinski definition) is 1. The van der Waals surface area contributed by atoms with Crippen molar-refractivity contribution in [2.24, 2.45) is 0 Å². The van der Waals surface area contributed by atoms with Crippen molar-refractivity contribution in [3.63, 3.8) is 0 Å². The number of thiophene rings is 1. The Morgan fingerprint density at radius 1 is 1.25 bits per heavy atom. The van der Waals surface area contributed by atoms with Gasteiger partial charge < -0.3 is 10.1 Å². The lowest BCUT2D eigenvalue weighted by Crippen LogP contribution is -2.30. The number of nitrogens with zero attached hydrogens (tertiary/aromatic N) is 4. The Hall–Kier alpha value is -3.24. The van der Waals surface area contributed by atoms with Crippen molar-refractivity contribution < 1.29 is 9.53 Å². The van der Waals surface area contributed by atoms with Gasteiger partial charge in [-0.05, 0) is 48.4 Å². The molecule has 166 valence electrons. The number of hydrogen-bond acceptors (Lipinski definition) is 6. The van der Waals surface area contributed by atoms with Crippen LogP contribution in [0.2, 0.25) is 0 Å². The average Bonchev–Trinajstić information content (AvgIpc) is 3.53. The molecular weight excluding hydrogens is 430 g/mol. The van der Waals surface area contributed by atoms with Crippen molar-refractivity contribution in [1.29, 1.82) is 0 Å². The lowest BCUT2D eigenvalue weighted by Gasteiger charge is -2.12. The summed E-state index contributed by atoms with van der Waals surface area (Å²) in [5.41, 5.74) is 1.67. The number of rotatable bonds is 6. The molecule has 0 aliphatic carbocycles. The van der Waals surface area contributed by atoms with E-state index in [0.717, 1.165) is 23.9 Å². The molecule has 1 saturated heterocycles. The Kier molecular flexibility index (Phi) is 5.40. The number of aromatic nitrogens is 4. The maximum Gasteiger partial charge on any atom is 0.352 e. The molecule has 0 bridgehead atoms. The van der Waals surface area contributed by atoms with Crippen LogP contribution in [0.3, 0.4) is 0 Å². The van der Waals surface area contributed by atoms with Gasteiger partial charge in [0.15, 0.2) is 0 Å². The maximum absolute atomic E-state index is 13.2. The van der Waals surface area contributed by atoms with E-state index in [4.69, 9.17) is 4.74 Å². The van der Waals surface area contributed by atoms with Crippen molar-refractivity contribution in [2.45, 2.75) is 45.4 Å². The Balaban J connectivity index is 1.51. The quantitative estimate of drug-likeness (QED) is 0.483. The van der Waals surface area contributed by atoms with Crippen LogP contribution in [0.25, 0.3) is 16.0 Å². The topological polar surface area (TPSA) is 99.6 Å². The second-order valence-corrected chi connectivity index (χ2v) is 8.78. The van der Waals surface area contributed by atoms with E-state index >= 15 is 0 Å². The normalized spacial score (nSPS) is 16.2. The molecule has 1 amide bonds. The maximum atomic E-state index is 13.2. The van der Waals surface area contributed by atoms with Crippen molar-refractivity contribution in [3.05, 3.63) is 62.1 Å². The fourth-order valence-electron chi connectivity index (χ4n) is 4.05. The van der Waals surface area contributed by atoms with Gasteiger partial charge in [0.05, 0.1) is 18.2 Å². The van der Waals surface area contributed by atoms with Crippen LogP contribution in [0.5, 0.6) is 0 Å². The lowest BCUT2D eigenvalue weighted by molar-refractivity contribution is -0.117. The molecule has 0 saturated carbocycles. The number of ether oxygens (including phenoxy) is 1. The summed E-state index contributed by atoms with van der Waals surface area (Å²) in [6, 6.07) is 9.29. The molecule has 1 aromatic carbocycles. The van der Waals surface area contributed by atoms with Crippen LogP contribution < -0.4 is 16.6 Å². The largest absolute Gasteiger partial charge is 0.376 e. The summed E-state index contributed by atoms with van der Waals surface area (Å²) in [4.78, 5) is 38.9. The summed E-state index contributed by atoms with van der Waals surface area (Å²) < 4.78 is 10.2. The average molecular weight is 454 g/mol. The van der Waals surface area contributed by atoms with Crippen LogP contribution in [0, 0.1) is 0 Å². The number of amides is 1. The van der Waals surface area contributed by atoms with Crippen molar-refractivity contribution in [2.75, 3.05) is 11.9 Å². The Morgan fingerprint density at radius 3 is 2.78 bits per heavy atom. The molecule has 1 aliphatic rings. The molecular formula is C22H23N5O4S. The van der Waals surface area contributed by atoms with Crippen molar-refractivity contribution >= 4 is 38.9 Å². The molecule has 32 heavy (non-hydrogen) atoms. The summed E-state index contributed by atoms with van der Waals surface area (Å²) in [7, 11) is 0. The second kappa shape index (κ2) is 8.36. The fourth-order valence-corrected chi connectivity index (χ4v) is 4.88. The molecule has 4 aromatic rings. The third-order valence-electron chi connectivity index (χ3n) is 5.74. The Labute approximate surface area is 186 Å². The van der Waals surface area contributed by atoms with Gasteiger partial charge in [-0.3, -0.25) is 14.2 Å². The number of aryl methyl sites for hydroxylation is 1. The molecule has 1 aliphatic heterocycles. The molecule has 0 spiro atoms. The SMILES string of the molecule is CCc1ccc(NC(=O)Cn2nc3n(CC4CCCO4)c(=O)c4sccc4n3c2=O)cc1. The summed E-state index contributed by atoms with van der Waals surface area (Å²) >= 11 is 1.29. The second-order valence-electron chi connectivity index (χ2n) is 7.86. The number of nitrogens with one attached hydrogen (secondary N) is 1. The monoisotopic (exact) mass is 453 g/mol. The van der Waals surface area contributed by atoms with Crippen molar-refractivity contribution in [1.82, 2.24) is 18.7 Å². The zero-order valence-electron chi connectivity index (χ0n) is 17.6. The highest BCUT2D eigenvalue weighted by Gasteiger charge is 2.23. The van der Waals surface area contributed by atoms with Crippen LogP contribution in [0.15, 0.2) is 45.3 Å². The van der Waals surface area contributed by atoms with Gasteiger partial charge in [0.1, 0.15) is 11.2 Å². The Bertz CT molecular complexity index is 1410. The van der Waals surface area contributed by atoms with E-state index in [1.54, 1.807) is 11.4 Å². The predicted molar refractivity (Wildman–Crippen MR) is 123 cm³/mol.